The molecule has 0 radical (unpaired) electrons. The summed E-state index contributed by atoms with van der Waals surface area (Å²) in [5, 5.41) is 7.30. The summed E-state index contributed by atoms with van der Waals surface area (Å²) in [6.45, 7) is 4.49. The van der Waals surface area contributed by atoms with E-state index in [1.807, 2.05) is 30.7 Å². The Morgan fingerprint density at radius 2 is 1.55 bits per heavy atom. The zero-order chi connectivity index (χ0) is 14.5. The maximum atomic E-state index is 4.15. The van der Waals surface area contributed by atoms with Crippen molar-refractivity contribution in [2.75, 3.05) is 0 Å². The van der Waals surface area contributed by atoms with Crippen molar-refractivity contribution in [2.45, 2.75) is 65.2 Å². The van der Waals surface area contributed by atoms with Crippen LogP contribution >= 0.6 is 0 Å². The van der Waals surface area contributed by atoms with Gasteiger partial charge >= 0.3 is 0 Å². The molecule has 0 aliphatic heterocycles. The average Bonchev–Trinajstić information content (AvgIpc) is 3.14. The predicted octanol–water partition coefficient (Wildman–Crippen LogP) is 4.89. The van der Waals surface area contributed by atoms with Crippen LogP contribution in [0.15, 0.2) is 30.7 Å². The summed E-state index contributed by atoms with van der Waals surface area (Å²) in [6.07, 6.45) is 16.0. The topological polar surface area (TPSA) is 44.5 Å². The molecule has 2 heterocycles. The summed E-state index contributed by atoms with van der Waals surface area (Å²) in [7, 11) is 0. The van der Waals surface area contributed by atoms with Crippen molar-refractivity contribution in [1.82, 2.24) is 15.2 Å². The summed E-state index contributed by atoms with van der Waals surface area (Å²) in [4.78, 5) is 2.86. The van der Waals surface area contributed by atoms with Crippen molar-refractivity contribution in [3.8, 4) is 0 Å². The van der Waals surface area contributed by atoms with Crippen molar-refractivity contribution < 1.29 is 0 Å². The summed E-state index contributed by atoms with van der Waals surface area (Å²) in [5.74, 6) is 0. The first-order valence-corrected chi connectivity index (χ1v) is 7.97. The molecule has 20 heavy (non-hydrogen) atoms. The Morgan fingerprint density at radius 3 is 2.10 bits per heavy atom. The van der Waals surface area contributed by atoms with Crippen LogP contribution in [-0.2, 0) is 12.8 Å². The lowest BCUT2D eigenvalue weighted by atomic mass is 10.0. The third-order valence-electron chi connectivity index (χ3n) is 3.38. The van der Waals surface area contributed by atoms with Crippen molar-refractivity contribution >= 4 is 0 Å². The zero-order valence-electron chi connectivity index (χ0n) is 13.0. The van der Waals surface area contributed by atoms with Gasteiger partial charge in [-0.05, 0) is 43.4 Å². The van der Waals surface area contributed by atoms with Crippen molar-refractivity contribution in [2.24, 2.45) is 0 Å². The van der Waals surface area contributed by atoms with Gasteiger partial charge in [-0.25, -0.2) is 0 Å². The van der Waals surface area contributed by atoms with Gasteiger partial charge in [0.1, 0.15) is 0 Å². The maximum Gasteiger partial charge on any atom is 0.0522 e. The number of unbranched alkanes of at least 4 members (excludes halogenated alkanes) is 4. The highest BCUT2D eigenvalue weighted by Crippen LogP contribution is 2.12. The second kappa shape index (κ2) is 11.3. The number of H-pyrrole nitrogens is 2. The number of aromatic amines is 2. The van der Waals surface area contributed by atoms with Crippen LogP contribution < -0.4 is 0 Å². The van der Waals surface area contributed by atoms with E-state index in [1.54, 1.807) is 0 Å². The number of rotatable bonds is 8. The number of nitrogens with zero attached hydrogens (tertiary/aromatic N) is 1. The fourth-order valence-corrected chi connectivity index (χ4v) is 2.16. The molecule has 3 nitrogen and oxygen atoms in total. The number of hydrogen-bond acceptors (Lipinski definition) is 1. The second-order valence-electron chi connectivity index (χ2n) is 5.17. The van der Waals surface area contributed by atoms with Gasteiger partial charge in [0.25, 0.3) is 0 Å². The number of hydrogen-bond donors (Lipinski definition) is 2. The van der Waals surface area contributed by atoms with Crippen LogP contribution in [0.3, 0.4) is 0 Å². The molecule has 0 aliphatic carbocycles. The highest BCUT2D eigenvalue weighted by Gasteiger charge is 2.03. The fraction of sp³-hybridized carbons (Fsp3) is 0.588. The standard InChI is InChI=1S/C13H24N2.C4H5N/c1-3-5-7-9-12-11-14-15-13(12)10-8-6-4-2;1-2-4-5-3-1/h11H,3-10H2,1-2H3,(H,14,15);1-5H. The van der Waals surface area contributed by atoms with E-state index in [9.17, 15) is 0 Å². The fourth-order valence-electron chi connectivity index (χ4n) is 2.16. The highest BCUT2D eigenvalue weighted by atomic mass is 15.1. The Bertz CT molecular complexity index is 362. The van der Waals surface area contributed by atoms with Gasteiger partial charge in [-0.15, -0.1) is 0 Å². The Kier molecular flexibility index (Phi) is 9.37. The summed E-state index contributed by atoms with van der Waals surface area (Å²) >= 11 is 0. The molecule has 3 heteroatoms. The first-order valence-electron chi connectivity index (χ1n) is 7.97. The highest BCUT2D eigenvalue weighted by molar-refractivity contribution is 5.16. The minimum Gasteiger partial charge on any atom is -0.368 e. The SMILES string of the molecule is CCCCCc1cn[nH]c1CCCCC.c1cc[nH]c1. The number of aryl methyl sites for hydroxylation is 2. The lowest BCUT2D eigenvalue weighted by Crippen LogP contribution is -1.93. The Hall–Kier alpha value is -1.51. The van der Waals surface area contributed by atoms with Gasteiger partial charge in [0.05, 0.1) is 6.20 Å². The molecule has 0 unspecified atom stereocenters. The summed E-state index contributed by atoms with van der Waals surface area (Å²) < 4.78 is 0. The smallest absolute Gasteiger partial charge is 0.0522 e. The molecule has 0 saturated heterocycles. The minimum absolute atomic E-state index is 1.18. The molecule has 0 fully saturated rings. The molecule has 112 valence electrons. The van der Waals surface area contributed by atoms with Crippen LogP contribution in [0.25, 0.3) is 0 Å². The van der Waals surface area contributed by atoms with Crippen molar-refractivity contribution in [3.63, 3.8) is 0 Å². The van der Waals surface area contributed by atoms with E-state index in [0.29, 0.717) is 0 Å². The molecule has 0 spiro atoms. The molecule has 0 saturated carbocycles. The third kappa shape index (κ3) is 7.17. The molecule has 2 rings (SSSR count). The first-order chi connectivity index (χ1) is 9.88. The van der Waals surface area contributed by atoms with Gasteiger partial charge in [0, 0.05) is 18.1 Å². The lowest BCUT2D eigenvalue weighted by Gasteiger charge is -2.02. The third-order valence-corrected chi connectivity index (χ3v) is 3.38. The Labute approximate surface area is 123 Å². The molecule has 2 aromatic heterocycles. The first kappa shape index (κ1) is 16.5. The van der Waals surface area contributed by atoms with E-state index in [4.69, 9.17) is 0 Å². The molecule has 0 bridgehead atoms. The molecule has 2 aromatic rings. The molecule has 0 atom stereocenters. The van der Waals surface area contributed by atoms with Gasteiger partial charge in [0.2, 0.25) is 0 Å². The van der Waals surface area contributed by atoms with E-state index in [-0.39, 0.29) is 0 Å². The van der Waals surface area contributed by atoms with Gasteiger partial charge in [0.15, 0.2) is 0 Å². The van der Waals surface area contributed by atoms with E-state index < -0.39 is 0 Å². The molecule has 2 N–H and O–H groups in total. The van der Waals surface area contributed by atoms with E-state index in [1.165, 1.54) is 62.6 Å². The average molecular weight is 275 g/mol. The number of aromatic nitrogens is 3. The second-order valence-corrected chi connectivity index (χ2v) is 5.17. The van der Waals surface area contributed by atoms with Crippen LogP contribution in [0, 0.1) is 0 Å². The molecule has 0 amide bonds. The van der Waals surface area contributed by atoms with Gasteiger partial charge in [-0.2, -0.15) is 5.10 Å². The van der Waals surface area contributed by atoms with Gasteiger partial charge in [-0.3, -0.25) is 5.10 Å². The van der Waals surface area contributed by atoms with Crippen molar-refractivity contribution in [1.29, 1.82) is 0 Å². The van der Waals surface area contributed by atoms with E-state index >= 15 is 0 Å². The lowest BCUT2D eigenvalue weighted by molar-refractivity contribution is 0.687. The van der Waals surface area contributed by atoms with Crippen molar-refractivity contribution in [3.05, 3.63) is 42.0 Å². The minimum atomic E-state index is 1.18. The van der Waals surface area contributed by atoms with E-state index in [0.717, 1.165) is 0 Å². The van der Waals surface area contributed by atoms with Crippen LogP contribution in [0.5, 0.6) is 0 Å². The predicted molar refractivity (Wildman–Crippen MR) is 85.8 cm³/mol. The molecular formula is C17H29N3. The summed E-state index contributed by atoms with van der Waals surface area (Å²) in [6, 6.07) is 3.89. The van der Waals surface area contributed by atoms with Crippen LogP contribution in [0.1, 0.15) is 63.6 Å². The van der Waals surface area contributed by atoms with Gasteiger partial charge < -0.3 is 4.98 Å². The molecule has 0 aromatic carbocycles. The van der Waals surface area contributed by atoms with E-state index in [2.05, 4.69) is 29.0 Å². The normalized spacial score (nSPS) is 10.1. The van der Waals surface area contributed by atoms with Gasteiger partial charge in [-0.1, -0.05) is 39.5 Å². The number of nitrogens with one attached hydrogen (secondary N) is 2. The van der Waals surface area contributed by atoms with Crippen LogP contribution in [-0.4, -0.2) is 15.2 Å². The maximum absolute atomic E-state index is 4.15. The quantitative estimate of drug-likeness (QED) is 0.662. The Balaban J connectivity index is 0.000000333. The van der Waals surface area contributed by atoms with Crippen LogP contribution in [0.4, 0.5) is 0 Å². The summed E-state index contributed by atoms with van der Waals surface area (Å²) in [5.41, 5.74) is 2.82. The van der Waals surface area contributed by atoms with Crippen LogP contribution in [0.2, 0.25) is 0 Å². The zero-order valence-corrected chi connectivity index (χ0v) is 13.0. The molecule has 0 aliphatic rings. The largest absolute Gasteiger partial charge is 0.368 e. The Morgan fingerprint density at radius 1 is 0.900 bits per heavy atom. The molecular weight excluding hydrogens is 246 g/mol. The monoisotopic (exact) mass is 275 g/mol.